The van der Waals surface area contributed by atoms with Crippen molar-refractivity contribution in [2.24, 2.45) is 5.92 Å². The van der Waals surface area contributed by atoms with Gasteiger partial charge in [0.15, 0.2) is 0 Å². The van der Waals surface area contributed by atoms with Crippen LogP contribution in [0.2, 0.25) is 0 Å². The fourth-order valence-corrected chi connectivity index (χ4v) is 3.75. The quantitative estimate of drug-likeness (QED) is 0.753. The number of aromatic nitrogens is 2. The molecule has 1 aromatic rings. The Kier molecular flexibility index (Phi) is 3.75. The Labute approximate surface area is 129 Å². The van der Waals surface area contributed by atoms with Gasteiger partial charge in [-0.25, -0.2) is 4.68 Å². The number of anilines is 2. The average molecular weight is 305 g/mol. The number of amides is 1. The Morgan fingerprint density at radius 2 is 2.36 bits per heavy atom. The smallest absolute Gasteiger partial charge is 0.227 e. The van der Waals surface area contributed by atoms with Crippen molar-refractivity contribution in [3.63, 3.8) is 0 Å². The van der Waals surface area contributed by atoms with E-state index >= 15 is 0 Å². The van der Waals surface area contributed by atoms with Gasteiger partial charge in [0.05, 0.1) is 18.9 Å². The molecule has 7 heteroatoms. The van der Waals surface area contributed by atoms with Crippen LogP contribution >= 0.6 is 0 Å². The molecular weight excluding hydrogens is 282 g/mol. The van der Waals surface area contributed by atoms with Crippen molar-refractivity contribution >= 4 is 17.4 Å². The van der Waals surface area contributed by atoms with Crippen LogP contribution < -0.4 is 16.0 Å². The Balaban J connectivity index is 1.41. The number of morpholine rings is 1. The van der Waals surface area contributed by atoms with E-state index in [1.165, 1.54) is 0 Å². The highest BCUT2D eigenvalue weighted by molar-refractivity contribution is 5.95. The maximum atomic E-state index is 12.6. The molecule has 3 N–H and O–H groups in total. The number of nitrogens with one attached hydrogen (secondary N) is 3. The second-order valence-corrected chi connectivity index (χ2v) is 6.38. The fraction of sp³-hybridized carbons (Fsp3) is 0.733. The van der Waals surface area contributed by atoms with Crippen LogP contribution in [0.15, 0.2) is 6.20 Å². The molecule has 4 rings (SSSR count). The zero-order valence-electron chi connectivity index (χ0n) is 12.7. The summed E-state index contributed by atoms with van der Waals surface area (Å²) in [5.74, 6) is 1.09. The topological polar surface area (TPSA) is 80.2 Å². The molecule has 3 aliphatic rings. The molecule has 3 heterocycles. The minimum absolute atomic E-state index is 0.0505. The second-order valence-electron chi connectivity index (χ2n) is 6.38. The SMILES string of the molecule is O=C(Nc1cnn2c1NCCC2)[C@H]1CC[C@H]2OCCN[C@@H]2C1. The van der Waals surface area contributed by atoms with Crippen molar-refractivity contribution in [1.82, 2.24) is 15.1 Å². The maximum absolute atomic E-state index is 12.6. The summed E-state index contributed by atoms with van der Waals surface area (Å²) in [4.78, 5) is 12.6. The van der Waals surface area contributed by atoms with Crippen LogP contribution in [-0.2, 0) is 16.1 Å². The molecule has 1 aromatic heterocycles. The molecule has 1 aliphatic carbocycles. The molecule has 1 saturated heterocycles. The normalized spacial score (nSPS) is 30.8. The van der Waals surface area contributed by atoms with Crippen LogP contribution in [0.5, 0.6) is 0 Å². The van der Waals surface area contributed by atoms with Gasteiger partial charge < -0.3 is 20.7 Å². The van der Waals surface area contributed by atoms with Crippen molar-refractivity contribution < 1.29 is 9.53 Å². The molecule has 0 radical (unpaired) electrons. The number of rotatable bonds is 2. The lowest BCUT2D eigenvalue weighted by molar-refractivity contribution is -0.123. The van der Waals surface area contributed by atoms with Crippen LogP contribution in [0.25, 0.3) is 0 Å². The van der Waals surface area contributed by atoms with Gasteiger partial charge in [0.1, 0.15) is 11.5 Å². The zero-order chi connectivity index (χ0) is 14.9. The van der Waals surface area contributed by atoms with E-state index in [4.69, 9.17) is 4.74 Å². The minimum atomic E-state index is 0.0505. The highest BCUT2D eigenvalue weighted by Gasteiger charge is 2.36. The summed E-state index contributed by atoms with van der Waals surface area (Å²) < 4.78 is 7.70. The van der Waals surface area contributed by atoms with E-state index < -0.39 is 0 Å². The third-order valence-electron chi connectivity index (χ3n) is 4.93. The first-order valence-corrected chi connectivity index (χ1v) is 8.27. The molecule has 3 atom stereocenters. The van der Waals surface area contributed by atoms with Crippen molar-refractivity contribution in [2.45, 2.75) is 44.4 Å². The van der Waals surface area contributed by atoms with Gasteiger partial charge in [0.2, 0.25) is 5.91 Å². The van der Waals surface area contributed by atoms with Crippen LogP contribution in [0, 0.1) is 5.92 Å². The number of aryl methyl sites for hydroxylation is 1. The Hall–Kier alpha value is -1.60. The molecule has 1 amide bonds. The molecule has 2 aliphatic heterocycles. The predicted molar refractivity (Wildman–Crippen MR) is 82.8 cm³/mol. The number of carbonyl (C=O) groups excluding carboxylic acids is 1. The van der Waals surface area contributed by atoms with Gasteiger partial charge in [-0.1, -0.05) is 0 Å². The number of nitrogens with zero attached hydrogens (tertiary/aromatic N) is 2. The molecular formula is C15H23N5O2. The van der Waals surface area contributed by atoms with Crippen molar-refractivity contribution in [3.05, 3.63) is 6.20 Å². The van der Waals surface area contributed by atoms with E-state index in [9.17, 15) is 4.79 Å². The lowest BCUT2D eigenvalue weighted by atomic mass is 9.82. The van der Waals surface area contributed by atoms with E-state index in [-0.39, 0.29) is 17.9 Å². The largest absolute Gasteiger partial charge is 0.375 e. The van der Waals surface area contributed by atoms with Gasteiger partial charge in [0.25, 0.3) is 0 Å². The zero-order valence-corrected chi connectivity index (χ0v) is 12.7. The Morgan fingerprint density at radius 3 is 3.32 bits per heavy atom. The van der Waals surface area contributed by atoms with Gasteiger partial charge in [0, 0.05) is 31.6 Å². The third kappa shape index (κ3) is 2.59. The third-order valence-corrected chi connectivity index (χ3v) is 4.93. The number of fused-ring (bicyclic) bond motifs is 2. The molecule has 0 spiro atoms. The number of ether oxygens (including phenoxy) is 1. The molecule has 22 heavy (non-hydrogen) atoms. The van der Waals surface area contributed by atoms with E-state index in [1.54, 1.807) is 6.20 Å². The van der Waals surface area contributed by atoms with Crippen LogP contribution in [0.1, 0.15) is 25.7 Å². The van der Waals surface area contributed by atoms with Crippen molar-refractivity contribution in [3.8, 4) is 0 Å². The van der Waals surface area contributed by atoms with Crippen LogP contribution in [-0.4, -0.2) is 47.5 Å². The monoisotopic (exact) mass is 305 g/mol. The second kappa shape index (κ2) is 5.89. The van der Waals surface area contributed by atoms with E-state index in [2.05, 4.69) is 21.0 Å². The number of hydrogen-bond acceptors (Lipinski definition) is 5. The maximum Gasteiger partial charge on any atom is 0.227 e. The first-order chi connectivity index (χ1) is 10.8. The van der Waals surface area contributed by atoms with Crippen LogP contribution in [0.3, 0.4) is 0 Å². The summed E-state index contributed by atoms with van der Waals surface area (Å²) in [5.41, 5.74) is 0.805. The van der Waals surface area contributed by atoms with E-state index in [0.29, 0.717) is 6.04 Å². The lowest BCUT2D eigenvalue weighted by Gasteiger charge is -2.39. The summed E-state index contributed by atoms with van der Waals surface area (Å²) in [6.07, 6.45) is 5.81. The molecule has 1 saturated carbocycles. The molecule has 7 nitrogen and oxygen atoms in total. The first-order valence-electron chi connectivity index (χ1n) is 8.27. The summed E-state index contributed by atoms with van der Waals surface area (Å²) in [6.45, 7) is 3.51. The fourth-order valence-electron chi connectivity index (χ4n) is 3.75. The van der Waals surface area contributed by atoms with Gasteiger partial charge in [-0.05, 0) is 25.7 Å². The molecule has 0 bridgehead atoms. The predicted octanol–water partition coefficient (Wildman–Crippen LogP) is 0.794. The summed E-state index contributed by atoms with van der Waals surface area (Å²) in [5, 5.41) is 14.2. The van der Waals surface area contributed by atoms with E-state index in [1.807, 2.05) is 4.68 Å². The van der Waals surface area contributed by atoms with Crippen LogP contribution in [0.4, 0.5) is 11.5 Å². The Bertz CT molecular complexity index is 558. The van der Waals surface area contributed by atoms with Gasteiger partial charge in [-0.2, -0.15) is 5.10 Å². The average Bonchev–Trinajstić information content (AvgIpc) is 2.97. The lowest BCUT2D eigenvalue weighted by Crippen LogP contribution is -2.52. The minimum Gasteiger partial charge on any atom is -0.375 e. The van der Waals surface area contributed by atoms with E-state index in [0.717, 1.165) is 63.4 Å². The standard InChI is InChI=1S/C15H23N5O2/c21-15(10-2-3-13-11(8-10)16-5-7-22-13)19-12-9-18-20-6-1-4-17-14(12)20/h9-11,13,16-17H,1-8H2,(H,19,21)/t10-,11+,13+/m0/s1. The summed E-state index contributed by atoms with van der Waals surface area (Å²) in [6, 6.07) is 0.317. The molecule has 120 valence electrons. The molecule has 2 fully saturated rings. The van der Waals surface area contributed by atoms with Crippen molar-refractivity contribution in [1.29, 1.82) is 0 Å². The Morgan fingerprint density at radius 1 is 1.41 bits per heavy atom. The number of carbonyl (C=O) groups is 1. The molecule has 0 unspecified atom stereocenters. The van der Waals surface area contributed by atoms with Gasteiger partial charge in [-0.3, -0.25) is 4.79 Å². The highest BCUT2D eigenvalue weighted by Crippen LogP contribution is 2.30. The highest BCUT2D eigenvalue weighted by atomic mass is 16.5. The van der Waals surface area contributed by atoms with Gasteiger partial charge >= 0.3 is 0 Å². The van der Waals surface area contributed by atoms with Crippen molar-refractivity contribution in [2.75, 3.05) is 30.3 Å². The summed E-state index contributed by atoms with van der Waals surface area (Å²) in [7, 11) is 0. The molecule has 0 aromatic carbocycles. The first kappa shape index (κ1) is 14.0. The number of hydrogen-bond donors (Lipinski definition) is 3. The summed E-state index contributed by atoms with van der Waals surface area (Å²) >= 11 is 0. The van der Waals surface area contributed by atoms with Gasteiger partial charge in [-0.15, -0.1) is 0 Å².